The van der Waals surface area contributed by atoms with E-state index >= 15 is 0 Å². The van der Waals surface area contributed by atoms with Crippen LogP contribution >= 0.6 is 0 Å². The molecule has 0 aliphatic carbocycles. The zero-order valence-electron chi connectivity index (χ0n) is 10.3. The van der Waals surface area contributed by atoms with E-state index in [4.69, 9.17) is 0 Å². The zero-order valence-corrected chi connectivity index (χ0v) is 10.3. The molecule has 0 bridgehead atoms. The Morgan fingerprint density at radius 2 is 1.47 bits per heavy atom. The van der Waals surface area contributed by atoms with Crippen molar-refractivity contribution in [2.45, 2.75) is 19.8 Å². The summed E-state index contributed by atoms with van der Waals surface area (Å²) in [4.78, 5) is 0. The quantitative estimate of drug-likeness (QED) is 0.699. The summed E-state index contributed by atoms with van der Waals surface area (Å²) in [6, 6.07) is 21.3. The van der Waals surface area contributed by atoms with E-state index in [2.05, 4.69) is 74.0 Å². The van der Waals surface area contributed by atoms with Gasteiger partial charge < -0.3 is 0 Å². The summed E-state index contributed by atoms with van der Waals surface area (Å²) in [5.74, 6) is 0.623. The van der Waals surface area contributed by atoms with Gasteiger partial charge in [-0.3, -0.25) is 0 Å². The zero-order chi connectivity index (χ0) is 11.9. The van der Waals surface area contributed by atoms with Gasteiger partial charge in [0.05, 0.1) is 0 Å². The van der Waals surface area contributed by atoms with Gasteiger partial charge in [0.2, 0.25) is 0 Å². The van der Waals surface area contributed by atoms with E-state index in [-0.39, 0.29) is 0 Å². The van der Waals surface area contributed by atoms with Gasteiger partial charge in [-0.2, -0.15) is 0 Å². The van der Waals surface area contributed by atoms with Crippen molar-refractivity contribution in [2.75, 3.05) is 0 Å². The molecule has 2 aromatic carbocycles. The Labute approximate surface area is 104 Å². The molecule has 0 amide bonds. The van der Waals surface area contributed by atoms with Crippen molar-refractivity contribution < 1.29 is 0 Å². The van der Waals surface area contributed by atoms with Crippen molar-refractivity contribution >= 4 is 0 Å². The Hall–Kier alpha value is -1.56. The van der Waals surface area contributed by atoms with Crippen LogP contribution in [0.4, 0.5) is 0 Å². The van der Waals surface area contributed by atoms with Crippen LogP contribution in [0.15, 0.2) is 60.7 Å². The number of benzene rings is 2. The molecule has 2 rings (SSSR count). The number of rotatable bonds is 5. The van der Waals surface area contributed by atoms with Gasteiger partial charge in [0.15, 0.2) is 0 Å². The molecule has 1 atom stereocenters. The maximum Gasteiger partial charge on any atom is -0.00647 e. The molecule has 0 saturated carbocycles. The van der Waals surface area contributed by atoms with Crippen LogP contribution in [0.25, 0.3) is 0 Å². The fraction of sp³-hybridized carbons (Fsp3) is 0.235. The molecule has 17 heavy (non-hydrogen) atoms. The normalized spacial score (nSPS) is 12.3. The molecular formula is C17H19. The average molecular weight is 223 g/mol. The van der Waals surface area contributed by atoms with Crippen LogP contribution in [0.2, 0.25) is 0 Å². The second-order valence-electron chi connectivity index (χ2n) is 4.58. The second kappa shape index (κ2) is 6.24. The van der Waals surface area contributed by atoms with Gasteiger partial charge >= 0.3 is 0 Å². The van der Waals surface area contributed by atoms with Gasteiger partial charge in [-0.1, -0.05) is 67.6 Å². The molecule has 0 spiro atoms. The highest BCUT2D eigenvalue weighted by Crippen LogP contribution is 2.16. The maximum absolute atomic E-state index is 2.35. The average Bonchev–Trinajstić information content (AvgIpc) is 2.39. The fourth-order valence-corrected chi connectivity index (χ4v) is 2.02. The van der Waals surface area contributed by atoms with Crippen molar-refractivity contribution in [1.29, 1.82) is 0 Å². The molecule has 0 heterocycles. The van der Waals surface area contributed by atoms with Crippen LogP contribution in [-0.4, -0.2) is 0 Å². The lowest BCUT2D eigenvalue weighted by Gasteiger charge is -2.10. The summed E-state index contributed by atoms with van der Waals surface area (Å²) in [5, 5.41) is 0. The molecule has 2 aromatic rings. The van der Waals surface area contributed by atoms with Crippen molar-refractivity contribution in [1.82, 2.24) is 0 Å². The van der Waals surface area contributed by atoms with Crippen molar-refractivity contribution in [3.63, 3.8) is 0 Å². The topological polar surface area (TPSA) is 0 Å². The lowest BCUT2D eigenvalue weighted by Crippen LogP contribution is -1.99. The van der Waals surface area contributed by atoms with Crippen LogP contribution in [-0.2, 0) is 6.42 Å². The van der Waals surface area contributed by atoms with E-state index < -0.39 is 0 Å². The summed E-state index contributed by atoms with van der Waals surface area (Å²) < 4.78 is 0. The third kappa shape index (κ3) is 4.07. The molecule has 87 valence electrons. The van der Waals surface area contributed by atoms with Gasteiger partial charge in [0.25, 0.3) is 0 Å². The van der Waals surface area contributed by atoms with Crippen LogP contribution in [0, 0.1) is 12.3 Å². The Morgan fingerprint density at radius 3 is 2.12 bits per heavy atom. The SMILES string of the molecule is CC([CH]c1ccccc1)CCc1ccccc1. The molecule has 0 heteroatoms. The molecule has 0 N–H and O–H groups in total. The number of aryl methyl sites for hydroxylation is 1. The van der Waals surface area contributed by atoms with E-state index in [1.807, 2.05) is 0 Å². The lowest BCUT2D eigenvalue weighted by molar-refractivity contribution is 0.616. The number of hydrogen-bond acceptors (Lipinski definition) is 0. The van der Waals surface area contributed by atoms with Gasteiger partial charge in [-0.25, -0.2) is 0 Å². The van der Waals surface area contributed by atoms with Gasteiger partial charge in [-0.15, -0.1) is 0 Å². The van der Waals surface area contributed by atoms with E-state index in [1.165, 1.54) is 17.5 Å². The Balaban J connectivity index is 1.80. The molecule has 0 nitrogen and oxygen atoms in total. The van der Waals surface area contributed by atoms with E-state index in [9.17, 15) is 0 Å². The van der Waals surface area contributed by atoms with E-state index in [0.29, 0.717) is 5.92 Å². The first-order valence-electron chi connectivity index (χ1n) is 6.28. The highest BCUT2D eigenvalue weighted by atomic mass is 14.1. The van der Waals surface area contributed by atoms with E-state index in [1.54, 1.807) is 0 Å². The predicted octanol–water partition coefficient (Wildman–Crippen LogP) is 4.51. The molecule has 1 radical (unpaired) electrons. The molecule has 1 unspecified atom stereocenters. The van der Waals surface area contributed by atoms with Gasteiger partial charge in [-0.05, 0) is 36.3 Å². The van der Waals surface area contributed by atoms with Crippen LogP contribution in [0.3, 0.4) is 0 Å². The summed E-state index contributed by atoms with van der Waals surface area (Å²) in [5.41, 5.74) is 2.76. The Morgan fingerprint density at radius 1 is 0.882 bits per heavy atom. The van der Waals surface area contributed by atoms with Crippen LogP contribution in [0.5, 0.6) is 0 Å². The lowest BCUT2D eigenvalue weighted by atomic mass is 9.95. The van der Waals surface area contributed by atoms with Crippen molar-refractivity contribution in [3.8, 4) is 0 Å². The third-order valence-corrected chi connectivity index (χ3v) is 3.01. The van der Waals surface area contributed by atoms with E-state index in [0.717, 1.165) is 6.42 Å². The first-order chi connectivity index (χ1) is 8.34. The van der Waals surface area contributed by atoms with Crippen LogP contribution in [0.1, 0.15) is 24.5 Å². The monoisotopic (exact) mass is 223 g/mol. The molecular weight excluding hydrogens is 204 g/mol. The summed E-state index contributed by atoms with van der Waals surface area (Å²) in [7, 11) is 0. The van der Waals surface area contributed by atoms with Crippen LogP contribution < -0.4 is 0 Å². The second-order valence-corrected chi connectivity index (χ2v) is 4.58. The fourth-order valence-electron chi connectivity index (χ4n) is 2.02. The minimum absolute atomic E-state index is 0.623. The highest BCUT2D eigenvalue weighted by molar-refractivity contribution is 5.23. The number of hydrogen-bond donors (Lipinski definition) is 0. The van der Waals surface area contributed by atoms with Crippen molar-refractivity contribution in [3.05, 3.63) is 78.2 Å². The first-order valence-corrected chi connectivity index (χ1v) is 6.28. The minimum Gasteiger partial charge on any atom is -0.0622 e. The first kappa shape index (κ1) is 11.9. The Bertz CT molecular complexity index is 416. The molecule has 0 fully saturated rings. The Kier molecular flexibility index (Phi) is 4.37. The third-order valence-electron chi connectivity index (χ3n) is 3.01. The summed E-state index contributed by atoms with van der Waals surface area (Å²) in [6.45, 7) is 2.29. The molecule has 0 aromatic heterocycles. The minimum atomic E-state index is 0.623. The summed E-state index contributed by atoms with van der Waals surface area (Å²) in [6.07, 6.45) is 4.72. The predicted molar refractivity (Wildman–Crippen MR) is 73.8 cm³/mol. The maximum atomic E-state index is 2.35. The van der Waals surface area contributed by atoms with Gasteiger partial charge in [0, 0.05) is 0 Å². The van der Waals surface area contributed by atoms with Gasteiger partial charge in [0.1, 0.15) is 0 Å². The van der Waals surface area contributed by atoms with Crippen molar-refractivity contribution in [2.24, 2.45) is 5.92 Å². The highest BCUT2D eigenvalue weighted by Gasteiger charge is 2.04. The molecule has 0 aliphatic rings. The molecule has 0 saturated heterocycles. The standard InChI is InChI=1S/C17H19/c1-15(14-17-10-6-3-7-11-17)12-13-16-8-4-2-5-9-16/h2-11,14-15H,12-13H2,1H3. The smallest absolute Gasteiger partial charge is 0.00647 e. The largest absolute Gasteiger partial charge is 0.0622 e. The molecule has 0 aliphatic heterocycles. The summed E-state index contributed by atoms with van der Waals surface area (Å²) >= 11 is 0.